The highest BCUT2D eigenvalue weighted by molar-refractivity contribution is 5.91. The summed E-state index contributed by atoms with van der Waals surface area (Å²) >= 11 is 0. The van der Waals surface area contributed by atoms with Crippen LogP contribution in [0.5, 0.6) is 5.75 Å². The van der Waals surface area contributed by atoms with E-state index in [0.29, 0.717) is 13.2 Å². The predicted molar refractivity (Wildman–Crippen MR) is 68.0 cm³/mol. The van der Waals surface area contributed by atoms with Crippen molar-refractivity contribution < 1.29 is 14.1 Å². The summed E-state index contributed by atoms with van der Waals surface area (Å²) in [5.74, 6) is 1.22. The molecule has 0 fully saturated rings. The molecule has 1 aliphatic rings. The van der Waals surface area contributed by atoms with Crippen LogP contribution < -0.4 is 10.1 Å². The van der Waals surface area contributed by atoms with E-state index in [1.165, 1.54) is 11.8 Å². The first-order chi connectivity index (χ1) is 9.33. The molecule has 1 aromatic carbocycles. The van der Waals surface area contributed by atoms with E-state index in [0.717, 1.165) is 12.2 Å². The van der Waals surface area contributed by atoms with Gasteiger partial charge in [0.15, 0.2) is 0 Å². The lowest BCUT2D eigenvalue weighted by Gasteiger charge is -2.25. The van der Waals surface area contributed by atoms with Gasteiger partial charge in [0.1, 0.15) is 5.75 Å². The molecule has 5 heteroatoms. The SMILES string of the molecule is O=C(NC[C@@H]1COc2ccccc2C1)c1ccno1. The fourth-order valence-corrected chi connectivity index (χ4v) is 2.18. The van der Waals surface area contributed by atoms with Gasteiger partial charge in [-0.1, -0.05) is 23.4 Å². The van der Waals surface area contributed by atoms with Crippen molar-refractivity contribution in [3.05, 3.63) is 47.9 Å². The van der Waals surface area contributed by atoms with Crippen molar-refractivity contribution in [1.82, 2.24) is 10.5 Å². The molecule has 1 aliphatic heterocycles. The number of carbonyl (C=O) groups is 1. The smallest absolute Gasteiger partial charge is 0.289 e. The Labute approximate surface area is 110 Å². The topological polar surface area (TPSA) is 64.4 Å². The van der Waals surface area contributed by atoms with Crippen LogP contribution >= 0.6 is 0 Å². The molecule has 1 amide bonds. The van der Waals surface area contributed by atoms with Gasteiger partial charge in [0.2, 0.25) is 5.76 Å². The maximum Gasteiger partial charge on any atom is 0.289 e. The highest BCUT2D eigenvalue weighted by Crippen LogP contribution is 2.26. The van der Waals surface area contributed by atoms with E-state index < -0.39 is 0 Å². The number of hydrogen-bond acceptors (Lipinski definition) is 4. The number of para-hydroxylation sites is 1. The molecule has 19 heavy (non-hydrogen) atoms. The number of ether oxygens (including phenoxy) is 1. The molecule has 5 nitrogen and oxygen atoms in total. The minimum absolute atomic E-state index is 0.233. The number of nitrogens with one attached hydrogen (secondary N) is 1. The van der Waals surface area contributed by atoms with E-state index in [4.69, 9.17) is 9.26 Å². The Balaban J connectivity index is 1.57. The number of amides is 1. The Morgan fingerprint density at radius 1 is 1.37 bits per heavy atom. The van der Waals surface area contributed by atoms with Crippen molar-refractivity contribution >= 4 is 5.91 Å². The average molecular weight is 258 g/mol. The predicted octanol–water partition coefficient (Wildman–Crippen LogP) is 1.66. The molecule has 1 aromatic heterocycles. The van der Waals surface area contributed by atoms with Gasteiger partial charge in [0.25, 0.3) is 5.91 Å². The lowest BCUT2D eigenvalue weighted by Crippen LogP contribution is -2.34. The molecule has 0 saturated heterocycles. The van der Waals surface area contributed by atoms with E-state index in [9.17, 15) is 4.79 Å². The first kappa shape index (κ1) is 11.8. The van der Waals surface area contributed by atoms with Gasteiger partial charge in [-0.05, 0) is 18.1 Å². The Morgan fingerprint density at radius 2 is 2.26 bits per heavy atom. The van der Waals surface area contributed by atoms with Crippen LogP contribution in [0.1, 0.15) is 16.1 Å². The Kier molecular flexibility index (Phi) is 3.18. The zero-order valence-corrected chi connectivity index (χ0v) is 10.3. The molecule has 3 rings (SSSR count). The maximum atomic E-state index is 11.7. The molecule has 0 radical (unpaired) electrons. The third-order valence-corrected chi connectivity index (χ3v) is 3.17. The van der Waals surface area contributed by atoms with Crippen molar-refractivity contribution in [3.63, 3.8) is 0 Å². The van der Waals surface area contributed by atoms with Gasteiger partial charge in [0.05, 0.1) is 12.8 Å². The second kappa shape index (κ2) is 5.14. The first-order valence-electron chi connectivity index (χ1n) is 6.22. The Morgan fingerprint density at radius 3 is 3.11 bits per heavy atom. The van der Waals surface area contributed by atoms with Crippen molar-refractivity contribution in [2.24, 2.45) is 5.92 Å². The summed E-state index contributed by atoms with van der Waals surface area (Å²) in [6, 6.07) is 9.53. The van der Waals surface area contributed by atoms with Crippen LogP contribution in [-0.2, 0) is 6.42 Å². The monoisotopic (exact) mass is 258 g/mol. The van der Waals surface area contributed by atoms with Crippen LogP contribution in [0, 0.1) is 5.92 Å². The van der Waals surface area contributed by atoms with Gasteiger partial charge in [-0.15, -0.1) is 0 Å². The van der Waals surface area contributed by atoms with Crippen molar-refractivity contribution in [2.45, 2.75) is 6.42 Å². The Hall–Kier alpha value is -2.30. The van der Waals surface area contributed by atoms with Gasteiger partial charge >= 0.3 is 0 Å². The van der Waals surface area contributed by atoms with Gasteiger partial charge in [-0.25, -0.2) is 0 Å². The number of nitrogens with zero attached hydrogens (tertiary/aromatic N) is 1. The second-order valence-corrected chi connectivity index (χ2v) is 4.58. The minimum atomic E-state index is -0.239. The van der Waals surface area contributed by atoms with Crippen LogP contribution in [0.4, 0.5) is 0 Å². The molecular weight excluding hydrogens is 244 g/mol. The van der Waals surface area contributed by atoms with Gasteiger partial charge in [0, 0.05) is 18.5 Å². The fraction of sp³-hybridized carbons (Fsp3) is 0.286. The second-order valence-electron chi connectivity index (χ2n) is 4.58. The molecule has 1 atom stereocenters. The summed E-state index contributed by atoms with van der Waals surface area (Å²) in [7, 11) is 0. The summed E-state index contributed by atoms with van der Waals surface area (Å²) < 4.78 is 10.5. The van der Waals surface area contributed by atoms with Crippen molar-refractivity contribution in [3.8, 4) is 5.75 Å². The van der Waals surface area contributed by atoms with Crippen LogP contribution in [0.25, 0.3) is 0 Å². The standard InChI is InChI=1S/C14H14N2O3/c17-14(13-5-6-16-19-13)15-8-10-7-11-3-1-2-4-12(11)18-9-10/h1-6,10H,7-9H2,(H,15,17)/t10-/m1/s1. The van der Waals surface area contributed by atoms with Crippen LogP contribution in [0.3, 0.4) is 0 Å². The fourth-order valence-electron chi connectivity index (χ4n) is 2.18. The van der Waals surface area contributed by atoms with Crippen LogP contribution in [0.15, 0.2) is 41.1 Å². The highest BCUT2D eigenvalue weighted by atomic mass is 16.5. The van der Waals surface area contributed by atoms with E-state index in [1.54, 1.807) is 6.07 Å². The summed E-state index contributed by atoms with van der Waals surface area (Å²) in [6.45, 7) is 1.18. The number of aromatic nitrogens is 1. The number of hydrogen-bond donors (Lipinski definition) is 1. The largest absolute Gasteiger partial charge is 0.493 e. The molecule has 2 aromatic rings. The minimum Gasteiger partial charge on any atom is -0.493 e. The quantitative estimate of drug-likeness (QED) is 0.909. The van der Waals surface area contributed by atoms with Gasteiger partial charge < -0.3 is 14.6 Å². The highest BCUT2D eigenvalue weighted by Gasteiger charge is 2.20. The van der Waals surface area contributed by atoms with Crippen LogP contribution in [-0.4, -0.2) is 24.2 Å². The van der Waals surface area contributed by atoms with E-state index in [1.807, 2.05) is 18.2 Å². The first-order valence-corrected chi connectivity index (χ1v) is 6.22. The zero-order chi connectivity index (χ0) is 13.1. The molecular formula is C14H14N2O3. The molecule has 0 saturated carbocycles. The molecule has 0 aliphatic carbocycles. The number of fused-ring (bicyclic) bond motifs is 1. The molecule has 1 N–H and O–H groups in total. The lowest BCUT2D eigenvalue weighted by atomic mass is 9.97. The average Bonchev–Trinajstić information content (AvgIpc) is 2.99. The normalized spacial score (nSPS) is 17.4. The van der Waals surface area contributed by atoms with Crippen molar-refractivity contribution in [2.75, 3.05) is 13.2 Å². The summed E-state index contributed by atoms with van der Waals surface area (Å²) in [6.07, 6.45) is 2.36. The molecule has 98 valence electrons. The molecule has 2 heterocycles. The molecule has 0 bridgehead atoms. The van der Waals surface area contributed by atoms with Crippen LogP contribution in [0.2, 0.25) is 0 Å². The number of rotatable bonds is 3. The summed E-state index contributed by atoms with van der Waals surface area (Å²) in [5, 5.41) is 6.34. The number of carbonyl (C=O) groups excluding carboxylic acids is 1. The Bertz CT molecular complexity index is 566. The zero-order valence-electron chi connectivity index (χ0n) is 10.3. The third kappa shape index (κ3) is 2.59. The van der Waals surface area contributed by atoms with E-state index in [2.05, 4.69) is 16.5 Å². The van der Waals surface area contributed by atoms with Crippen molar-refractivity contribution in [1.29, 1.82) is 0 Å². The summed E-state index contributed by atoms with van der Waals surface area (Å²) in [4.78, 5) is 11.7. The molecule has 0 unspecified atom stereocenters. The number of benzene rings is 1. The van der Waals surface area contributed by atoms with E-state index >= 15 is 0 Å². The third-order valence-electron chi connectivity index (χ3n) is 3.17. The molecule has 0 spiro atoms. The maximum absolute atomic E-state index is 11.7. The van der Waals surface area contributed by atoms with Gasteiger partial charge in [-0.2, -0.15) is 0 Å². The summed E-state index contributed by atoms with van der Waals surface area (Å²) in [5.41, 5.74) is 1.19. The van der Waals surface area contributed by atoms with Gasteiger partial charge in [-0.3, -0.25) is 4.79 Å². The van der Waals surface area contributed by atoms with E-state index in [-0.39, 0.29) is 17.6 Å². The lowest BCUT2D eigenvalue weighted by molar-refractivity contribution is 0.0902.